The molecule has 128 valence electrons. The quantitative estimate of drug-likeness (QED) is 0.857. The molecule has 0 aliphatic heterocycles. The number of benzene rings is 1. The first-order chi connectivity index (χ1) is 10.9. The van der Waals surface area contributed by atoms with Crippen LogP contribution in [0, 0.1) is 5.92 Å². The molecule has 2 atom stereocenters. The largest absolute Gasteiger partial charge is 0.495 e. The Morgan fingerprint density at radius 2 is 1.96 bits per heavy atom. The van der Waals surface area contributed by atoms with Crippen molar-refractivity contribution in [2.75, 3.05) is 14.2 Å². The predicted molar refractivity (Wildman–Crippen MR) is 88.1 cm³/mol. The first-order valence-electron chi connectivity index (χ1n) is 7.81. The van der Waals surface area contributed by atoms with Crippen LogP contribution >= 0.6 is 0 Å². The third-order valence-corrected chi connectivity index (χ3v) is 5.85. The van der Waals surface area contributed by atoms with Crippen molar-refractivity contribution in [1.29, 1.82) is 0 Å². The highest BCUT2D eigenvalue weighted by Gasteiger charge is 2.25. The van der Waals surface area contributed by atoms with Crippen molar-refractivity contribution in [3.05, 3.63) is 23.8 Å². The van der Waals surface area contributed by atoms with Gasteiger partial charge in [-0.2, -0.15) is 0 Å². The molecule has 1 fully saturated rings. The van der Waals surface area contributed by atoms with Crippen LogP contribution in [0.25, 0.3) is 0 Å². The first-order valence-corrected chi connectivity index (χ1v) is 9.30. The molecule has 0 bridgehead atoms. The molecule has 0 radical (unpaired) electrons. The third-order valence-electron chi connectivity index (χ3n) is 4.41. The van der Waals surface area contributed by atoms with Crippen molar-refractivity contribution in [2.24, 2.45) is 5.92 Å². The van der Waals surface area contributed by atoms with Crippen molar-refractivity contribution in [2.45, 2.75) is 43.5 Å². The van der Waals surface area contributed by atoms with Crippen molar-refractivity contribution >= 4 is 15.9 Å². The fourth-order valence-corrected chi connectivity index (χ4v) is 3.84. The van der Waals surface area contributed by atoms with Gasteiger partial charge in [0.05, 0.1) is 7.11 Å². The summed E-state index contributed by atoms with van der Waals surface area (Å²) < 4.78 is 31.5. The third kappa shape index (κ3) is 4.03. The van der Waals surface area contributed by atoms with E-state index in [1.807, 2.05) is 0 Å². The van der Waals surface area contributed by atoms with Gasteiger partial charge in [-0.1, -0.05) is 19.8 Å². The number of sulfonamides is 1. The Morgan fingerprint density at radius 1 is 1.26 bits per heavy atom. The van der Waals surface area contributed by atoms with Crippen LogP contribution in [-0.2, 0) is 10.0 Å². The molecular weight excluding hydrogens is 316 g/mol. The summed E-state index contributed by atoms with van der Waals surface area (Å²) in [5.74, 6) is 0.396. The van der Waals surface area contributed by atoms with Gasteiger partial charge in [0.2, 0.25) is 10.0 Å². The average molecular weight is 340 g/mol. The minimum absolute atomic E-state index is 0.0353. The monoisotopic (exact) mass is 340 g/mol. The maximum Gasteiger partial charge on any atom is 0.251 e. The standard InChI is InChI=1S/C16H24N2O4S/c1-11-6-4-5-7-13(11)18-16(19)12-8-9-14(22-3)15(10-12)23(20,21)17-2/h8-11,13,17H,4-7H2,1-3H3,(H,18,19). The van der Waals surface area contributed by atoms with Gasteiger partial charge in [0.25, 0.3) is 5.91 Å². The van der Waals surface area contributed by atoms with Crippen LogP contribution in [0.1, 0.15) is 43.0 Å². The molecule has 0 heterocycles. The minimum atomic E-state index is -3.70. The maximum absolute atomic E-state index is 12.5. The van der Waals surface area contributed by atoms with Gasteiger partial charge in [0.15, 0.2) is 0 Å². The molecule has 7 heteroatoms. The Balaban J connectivity index is 2.25. The minimum Gasteiger partial charge on any atom is -0.495 e. The Kier molecular flexibility index (Phi) is 5.64. The summed E-state index contributed by atoms with van der Waals surface area (Å²) in [5.41, 5.74) is 0.317. The van der Waals surface area contributed by atoms with Crippen molar-refractivity contribution < 1.29 is 17.9 Å². The molecule has 0 saturated heterocycles. The fraction of sp³-hybridized carbons (Fsp3) is 0.562. The average Bonchev–Trinajstić information content (AvgIpc) is 2.56. The lowest BCUT2D eigenvalue weighted by atomic mass is 9.86. The highest BCUT2D eigenvalue weighted by Crippen LogP contribution is 2.26. The zero-order valence-corrected chi connectivity index (χ0v) is 14.6. The molecule has 2 unspecified atom stereocenters. The highest BCUT2D eigenvalue weighted by molar-refractivity contribution is 7.89. The number of methoxy groups -OCH3 is 1. The summed E-state index contributed by atoms with van der Waals surface area (Å²) in [6.45, 7) is 2.13. The molecule has 1 aliphatic rings. The molecule has 0 spiro atoms. The highest BCUT2D eigenvalue weighted by atomic mass is 32.2. The van der Waals surface area contributed by atoms with E-state index < -0.39 is 10.0 Å². The van der Waals surface area contributed by atoms with Gasteiger partial charge in [0, 0.05) is 11.6 Å². The summed E-state index contributed by atoms with van der Waals surface area (Å²) in [7, 11) is -0.975. The maximum atomic E-state index is 12.5. The summed E-state index contributed by atoms with van der Waals surface area (Å²) in [6, 6.07) is 4.58. The molecule has 0 aromatic heterocycles. The number of rotatable bonds is 5. The molecular formula is C16H24N2O4S. The van der Waals surface area contributed by atoms with Crippen LogP contribution < -0.4 is 14.8 Å². The Morgan fingerprint density at radius 3 is 2.57 bits per heavy atom. The van der Waals surface area contributed by atoms with Gasteiger partial charge in [-0.15, -0.1) is 0 Å². The Labute approximate surface area is 137 Å². The number of hydrogen-bond acceptors (Lipinski definition) is 4. The Hall–Kier alpha value is -1.60. The number of carbonyl (C=O) groups is 1. The number of nitrogens with one attached hydrogen (secondary N) is 2. The van der Waals surface area contributed by atoms with Crippen molar-refractivity contribution in [1.82, 2.24) is 10.0 Å². The van der Waals surface area contributed by atoms with Gasteiger partial charge in [-0.25, -0.2) is 13.1 Å². The lowest BCUT2D eigenvalue weighted by Crippen LogP contribution is -2.41. The van der Waals surface area contributed by atoms with Crippen LogP contribution in [0.4, 0.5) is 0 Å². The number of hydrogen-bond donors (Lipinski definition) is 2. The van der Waals surface area contributed by atoms with E-state index in [1.54, 1.807) is 6.07 Å². The molecule has 1 amide bonds. The normalized spacial score (nSPS) is 21.7. The van der Waals surface area contributed by atoms with Gasteiger partial charge < -0.3 is 10.1 Å². The number of amides is 1. The summed E-state index contributed by atoms with van der Waals surface area (Å²) in [6.07, 6.45) is 4.37. The van der Waals surface area contributed by atoms with E-state index in [-0.39, 0.29) is 22.6 Å². The van der Waals surface area contributed by atoms with Crippen LogP contribution in [-0.4, -0.2) is 34.5 Å². The second kappa shape index (κ2) is 7.31. The number of ether oxygens (including phenoxy) is 1. The second-order valence-corrected chi connectivity index (χ2v) is 7.77. The zero-order chi connectivity index (χ0) is 17.0. The van der Waals surface area contributed by atoms with E-state index in [2.05, 4.69) is 17.0 Å². The molecule has 23 heavy (non-hydrogen) atoms. The smallest absolute Gasteiger partial charge is 0.251 e. The Bertz CT molecular complexity index is 673. The van der Waals surface area contributed by atoms with E-state index in [9.17, 15) is 13.2 Å². The first kappa shape index (κ1) is 17.7. The van der Waals surface area contributed by atoms with Crippen LogP contribution in [0.3, 0.4) is 0 Å². The summed E-state index contributed by atoms with van der Waals surface area (Å²) >= 11 is 0. The lowest BCUT2D eigenvalue weighted by Gasteiger charge is -2.29. The molecule has 2 rings (SSSR count). The van der Waals surface area contributed by atoms with Gasteiger partial charge in [-0.05, 0) is 44.0 Å². The van der Waals surface area contributed by atoms with E-state index >= 15 is 0 Å². The SMILES string of the molecule is CNS(=O)(=O)c1cc(C(=O)NC2CCCCC2C)ccc1OC. The summed E-state index contributed by atoms with van der Waals surface area (Å²) in [4.78, 5) is 12.4. The molecule has 2 N–H and O–H groups in total. The van der Waals surface area contributed by atoms with Gasteiger partial charge in [-0.3, -0.25) is 4.79 Å². The van der Waals surface area contributed by atoms with E-state index in [4.69, 9.17) is 4.74 Å². The van der Waals surface area contributed by atoms with E-state index in [0.717, 1.165) is 19.3 Å². The van der Waals surface area contributed by atoms with Crippen molar-refractivity contribution in [3.8, 4) is 5.75 Å². The summed E-state index contributed by atoms with van der Waals surface area (Å²) in [5, 5.41) is 3.02. The number of carbonyl (C=O) groups excluding carboxylic acids is 1. The van der Waals surface area contributed by atoms with Crippen molar-refractivity contribution in [3.63, 3.8) is 0 Å². The molecule has 1 aromatic rings. The molecule has 6 nitrogen and oxygen atoms in total. The molecule has 1 aromatic carbocycles. The fourth-order valence-electron chi connectivity index (χ4n) is 2.92. The zero-order valence-electron chi connectivity index (χ0n) is 13.8. The predicted octanol–water partition coefficient (Wildman–Crippen LogP) is 1.91. The van der Waals surface area contributed by atoms with E-state index in [1.165, 1.54) is 32.7 Å². The van der Waals surface area contributed by atoms with Crippen LogP contribution in [0.15, 0.2) is 23.1 Å². The van der Waals surface area contributed by atoms with Crippen LogP contribution in [0.2, 0.25) is 0 Å². The lowest BCUT2D eigenvalue weighted by molar-refractivity contribution is 0.0910. The second-order valence-electron chi connectivity index (χ2n) is 5.91. The van der Waals surface area contributed by atoms with Gasteiger partial charge >= 0.3 is 0 Å². The topological polar surface area (TPSA) is 84.5 Å². The van der Waals surface area contributed by atoms with Crippen LogP contribution in [0.5, 0.6) is 5.75 Å². The molecule has 1 saturated carbocycles. The molecule has 1 aliphatic carbocycles. The van der Waals surface area contributed by atoms with Gasteiger partial charge in [0.1, 0.15) is 10.6 Å². The van der Waals surface area contributed by atoms with E-state index in [0.29, 0.717) is 11.5 Å².